The first-order valence-electron chi connectivity index (χ1n) is 6.10. The lowest BCUT2D eigenvalue weighted by Gasteiger charge is -2.10. The lowest BCUT2D eigenvalue weighted by atomic mass is 10.1. The number of ether oxygens (including phenoxy) is 1. The number of halogens is 2. The smallest absolute Gasteiger partial charge is 0.328 e. The van der Waals surface area contributed by atoms with Gasteiger partial charge in [0, 0.05) is 17.7 Å². The first-order chi connectivity index (χ1) is 9.95. The fourth-order valence-electron chi connectivity index (χ4n) is 1.72. The van der Waals surface area contributed by atoms with Crippen LogP contribution in [0.5, 0.6) is 11.5 Å². The van der Waals surface area contributed by atoms with Crippen molar-refractivity contribution in [2.24, 2.45) is 0 Å². The van der Waals surface area contributed by atoms with Gasteiger partial charge in [-0.1, -0.05) is 11.6 Å². The number of carbonyl (C=O) groups is 1. The standard InChI is InChI=1S/C16H12BrFO3/c1-10-2-6-15(11(8-10)3-7-16(19)20)21-12-4-5-13(17)14(18)9-12/h2-9H,1H3,(H,19,20)/b7-3+. The lowest BCUT2D eigenvalue weighted by Crippen LogP contribution is -1.91. The van der Waals surface area contributed by atoms with Gasteiger partial charge in [0.25, 0.3) is 0 Å². The van der Waals surface area contributed by atoms with E-state index in [0.29, 0.717) is 21.5 Å². The van der Waals surface area contributed by atoms with Crippen molar-refractivity contribution in [2.75, 3.05) is 0 Å². The summed E-state index contributed by atoms with van der Waals surface area (Å²) in [6, 6.07) is 9.78. The molecular weight excluding hydrogens is 339 g/mol. The molecule has 0 saturated carbocycles. The van der Waals surface area contributed by atoms with Gasteiger partial charge in [0.2, 0.25) is 0 Å². The Kier molecular flexibility index (Phi) is 4.75. The Balaban J connectivity index is 2.34. The molecule has 0 radical (unpaired) electrons. The molecule has 0 heterocycles. The van der Waals surface area contributed by atoms with Crippen molar-refractivity contribution in [3.63, 3.8) is 0 Å². The minimum absolute atomic E-state index is 0.338. The van der Waals surface area contributed by atoms with Crippen LogP contribution in [0.4, 0.5) is 4.39 Å². The zero-order chi connectivity index (χ0) is 15.4. The third kappa shape index (κ3) is 4.16. The van der Waals surface area contributed by atoms with E-state index in [2.05, 4.69) is 15.9 Å². The molecule has 21 heavy (non-hydrogen) atoms. The highest BCUT2D eigenvalue weighted by molar-refractivity contribution is 9.10. The molecule has 2 rings (SSSR count). The SMILES string of the molecule is Cc1ccc(Oc2ccc(Br)c(F)c2)c(/C=C/C(=O)O)c1. The molecule has 2 aromatic rings. The zero-order valence-corrected chi connectivity index (χ0v) is 12.7. The minimum Gasteiger partial charge on any atom is -0.478 e. The number of benzene rings is 2. The molecule has 108 valence electrons. The highest BCUT2D eigenvalue weighted by atomic mass is 79.9. The highest BCUT2D eigenvalue weighted by Gasteiger charge is 2.06. The van der Waals surface area contributed by atoms with E-state index in [-0.39, 0.29) is 0 Å². The molecule has 1 N–H and O–H groups in total. The van der Waals surface area contributed by atoms with Crippen molar-refractivity contribution in [3.05, 3.63) is 63.9 Å². The molecule has 5 heteroatoms. The summed E-state index contributed by atoms with van der Waals surface area (Å²) in [4.78, 5) is 10.6. The number of hydrogen-bond acceptors (Lipinski definition) is 2. The monoisotopic (exact) mass is 350 g/mol. The summed E-state index contributed by atoms with van der Waals surface area (Å²) in [5.74, 6) is -0.677. The van der Waals surface area contributed by atoms with Crippen molar-refractivity contribution in [1.29, 1.82) is 0 Å². The van der Waals surface area contributed by atoms with Gasteiger partial charge in [-0.05, 0) is 53.2 Å². The molecule has 0 unspecified atom stereocenters. The predicted octanol–water partition coefficient (Wildman–Crippen LogP) is 4.79. The molecular formula is C16H12BrFO3. The highest BCUT2D eigenvalue weighted by Crippen LogP contribution is 2.29. The Morgan fingerprint density at radius 2 is 2.05 bits per heavy atom. The molecule has 0 amide bonds. The molecule has 0 aliphatic carbocycles. The van der Waals surface area contributed by atoms with Gasteiger partial charge in [0.05, 0.1) is 4.47 Å². The van der Waals surface area contributed by atoms with Crippen molar-refractivity contribution in [2.45, 2.75) is 6.92 Å². The van der Waals surface area contributed by atoms with Crippen LogP contribution in [0.3, 0.4) is 0 Å². The first kappa shape index (κ1) is 15.3. The maximum atomic E-state index is 13.5. The van der Waals surface area contributed by atoms with Gasteiger partial charge in [-0.2, -0.15) is 0 Å². The van der Waals surface area contributed by atoms with Crippen molar-refractivity contribution >= 4 is 28.0 Å². The molecule has 0 atom stereocenters. The maximum absolute atomic E-state index is 13.5. The Morgan fingerprint density at radius 3 is 2.71 bits per heavy atom. The maximum Gasteiger partial charge on any atom is 0.328 e. The van der Waals surface area contributed by atoms with E-state index in [4.69, 9.17) is 9.84 Å². The molecule has 0 spiro atoms. The van der Waals surface area contributed by atoms with Crippen molar-refractivity contribution in [3.8, 4) is 11.5 Å². The molecule has 0 aromatic heterocycles. The molecule has 0 bridgehead atoms. The number of carboxylic acids is 1. The van der Waals surface area contributed by atoms with E-state index in [1.54, 1.807) is 24.3 Å². The van der Waals surface area contributed by atoms with Gasteiger partial charge in [-0.3, -0.25) is 0 Å². The second kappa shape index (κ2) is 6.54. The van der Waals surface area contributed by atoms with Gasteiger partial charge in [0.15, 0.2) is 0 Å². The Bertz CT molecular complexity index is 711. The van der Waals surface area contributed by atoms with Gasteiger partial charge in [-0.15, -0.1) is 0 Å². The van der Waals surface area contributed by atoms with Crippen LogP contribution < -0.4 is 4.74 Å². The van der Waals surface area contributed by atoms with Crippen LogP contribution in [-0.4, -0.2) is 11.1 Å². The summed E-state index contributed by atoms with van der Waals surface area (Å²) < 4.78 is 19.5. The zero-order valence-electron chi connectivity index (χ0n) is 11.1. The molecule has 0 aliphatic rings. The third-order valence-electron chi connectivity index (χ3n) is 2.69. The number of rotatable bonds is 4. The van der Waals surface area contributed by atoms with Crippen molar-refractivity contribution < 1.29 is 19.0 Å². The Labute approximate surface area is 129 Å². The summed E-state index contributed by atoms with van der Waals surface area (Å²) in [5.41, 5.74) is 1.58. The molecule has 0 saturated heterocycles. The van der Waals surface area contributed by atoms with E-state index in [1.807, 2.05) is 13.0 Å². The lowest BCUT2D eigenvalue weighted by molar-refractivity contribution is -0.131. The number of carboxylic acid groups (broad SMARTS) is 1. The fourth-order valence-corrected chi connectivity index (χ4v) is 1.97. The van der Waals surface area contributed by atoms with Crippen LogP contribution in [0.2, 0.25) is 0 Å². The topological polar surface area (TPSA) is 46.5 Å². The fraction of sp³-hybridized carbons (Fsp3) is 0.0625. The molecule has 0 fully saturated rings. The largest absolute Gasteiger partial charge is 0.478 e. The second-order valence-electron chi connectivity index (χ2n) is 4.39. The van der Waals surface area contributed by atoms with E-state index >= 15 is 0 Å². The van der Waals surface area contributed by atoms with Crippen LogP contribution in [0.1, 0.15) is 11.1 Å². The summed E-state index contributed by atoms with van der Waals surface area (Å²) in [5, 5.41) is 8.71. The summed E-state index contributed by atoms with van der Waals surface area (Å²) in [7, 11) is 0. The average molecular weight is 351 g/mol. The van der Waals surface area contributed by atoms with Crippen LogP contribution >= 0.6 is 15.9 Å². The Hall–Kier alpha value is -2.14. The van der Waals surface area contributed by atoms with E-state index in [9.17, 15) is 9.18 Å². The van der Waals surface area contributed by atoms with Crippen LogP contribution in [0.25, 0.3) is 6.08 Å². The van der Waals surface area contributed by atoms with E-state index < -0.39 is 11.8 Å². The van der Waals surface area contributed by atoms with Gasteiger partial charge in [0.1, 0.15) is 17.3 Å². The predicted molar refractivity (Wildman–Crippen MR) is 82.0 cm³/mol. The quantitative estimate of drug-likeness (QED) is 0.806. The van der Waals surface area contributed by atoms with Crippen LogP contribution in [0, 0.1) is 12.7 Å². The number of aryl methyl sites for hydroxylation is 1. The first-order valence-corrected chi connectivity index (χ1v) is 6.89. The van der Waals surface area contributed by atoms with Gasteiger partial charge < -0.3 is 9.84 Å². The number of aliphatic carboxylic acids is 1. The molecule has 3 nitrogen and oxygen atoms in total. The summed E-state index contributed by atoms with van der Waals surface area (Å²) in [6.07, 6.45) is 2.48. The minimum atomic E-state index is -1.04. The van der Waals surface area contributed by atoms with Gasteiger partial charge >= 0.3 is 5.97 Å². The summed E-state index contributed by atoms with van der Waals surface area (Å²) in [6.45, 7) is 1.89. The molecule has 2 aromatic carbocycles. The summed E-state index contributed by atoms with van der Waals surface area (Å²) >= 11 is 3.07. The second-order valence-corrected chi connectivity index (χ2v) is 5.25. The van der Waals surface area contributed by atoms with Crippen LogP contribution in [0.15, 0.2) is 46.9 Å². The number of hydrogen-bond donors (Lipinski definition) is 1. The molecule has 0 aliphatic heterocycles. The van der Waals surface area contributed by atoms with Crippen LogP contribution in [-0.2, 0) is 4.79 Å². The third-order valence-corrected chi connectivity index (χ3v) is 3.33. The average Bonchev–Trinajstić information content (AvgIpc) is 2.43. The normalized spacial score (nSPS) is 10.8. The van der Waals surface area contributed by atoms with Crippen molar-refractivity contribution in [1.82, 2.24) is 0 Å². The van der Waals surface area contributed by atoms with E-state index in [1.165, 1.54) is 12.1 Å². The van der Waals surface area contributed by atoms with Gasteiger partial charge in [-0.25, -0.2) is 9.18 Å². The Morgan fingerprint density at radius 1 is 1.29 bits per heavy atom. The van der Waals surface area contributed by atoms with E-state index in [0.717, 1.165) is 11.6 Å².